The molecule has 0 spiro atoms. The Morgan fingerprint density at radius 1 is 1.29 bits per heavy atom. The Morgan fingerprint density at radius 2 is 2.00 bits per heavy atom. The van der Waals surface area contributed by atoms with Gasteiger partial charge in [0.1, 0.15) is 0 Å². The number of nitrogens with one attached hydrogen (secondary N) is 1. The number of amides is 1. The fourth-order valence-corrected chi connectivity index (χ4v) is 2.01. The van der Waals surface area contributed by atoms with Gasteiger partial charge in [0.25, 0.3) is 5.91 Å². The quantitative estimate of drug-likeness (QED) is 0.829. The van der Waals surface area contributed by atoms with E-state index in [1.54, 1.807) is 0 Å². The van der Waals surface area contributed by atoms with E-state index in [1.807, 2.05) is 24.3 Å². The first kappa shape index (κ1) is 13.8. The lowest BCUT2D eigenvalue weighted by Crippen LogP contribution is -2.33. The second-order valence-electron chi connectivity index (χ2n) is 5.06. The Hall–Kier alpha value is -1.31. The summed E-state index contributed by atoms with van der Waals surface area (Å²) >= 11 is 0. The molecule has 1 N–H and O–H groups in total. The van der Waals surface area contributed by atoms with Gasteiger partial charge in [0.2, 0.25) is 0 Å². The Bertz CT molecular complexity index is 371. The summed E-state index contributed by atoms with van der Waals surface area (Å²) in [6.07, 6.45) is 1.97. The standard InChI is InChI=1S/C15H23NO/c1-5-13-7-6-8-14(10-13)15(17)16-12(4)9-11(2)3/h6-8,10-12H,5,9H2,1-4H3,(H,16,17)/t12-/m0/s1. The predicted octanol–water partition coefficient (Wildman–Crippen LogP) is 3.41. The van der Waals surface area contributed by atoms with Crippen molar-refractivity contribution in [2.45, 2.75) is 46.6 Å². The fourth-order valence-electron chi connectivity index (χ4n) is 2.01. The third kappa shape index (κ3) is 4.59. The summed E-state index contributed by atoms with van der Waals surface area (Å²) in [6.45, 7) is 8.49. The van der Waals surface area contributed by atoms with Crippen molar-refractivity contribution in [3.05, 3.63) is 35.4 Å². The van der Waals surface area contributed by atoms with Crippen LogP contribution in [0, 0.1) is 5.92 Å². The molecule has 0 heterocycles. The van der Waals surface area contributed by atoms with Gasteiger partial charge in [0.05, 0.1) is 0 Å². The summed E-state index contributed by atoms with van der Waals surface area (Å²) in [5.74, 6) is 0.640. The molecule has 0 aliphatic heterocycles. The summed E-state index contributed by atoms with van der Waals surface area (Å²) in [5, 5.41) is 3.04. The van der Waals surface area contributed by atoms with E-state index in [1.165, 1.54) is 5.56 Å². The molecular formula is C15H23NO. The predicted molar refractivity (Wildman–Crippen MR) is 72.2 cm³/mol. The van der Waals surface area contributed by atoms with Gasteiger partial charge in [-0.1, -0.05) is 32.9 Å². The van der Waals surface area contributed by atoms with Gasteiger partial charge in [-0.05, 0) is 43.4 Å². The fraction of sp³-hybridized carbons (Fsp3) is 0.533. The molecule has 1 rings (SSSR count). The molecule has 2 nitrogen and oxygen atoms in total. The Kier molecular flexibility index (Phi) is 5.20. The minimum atomic E-state index is 0.0356. The maximum atomic E-state index is 12.0. The van der Waals surface area contributed by atoms with E-state index in [9.17, 15) is 4.79 Å². The molecule has 0 saturated carbocycles. The van der Waals surface area contributed by atoms with E-state index in [-0.39, 0.29) is 11.9 Å². The monoisotopic (exact) mass is 233 g/mol. The highest BCUT2D eigenvalue weighted by molar-refractivity contribution is 5.94. The van der Waals surface area contributed by atoms with Gasteiger partial charge in [-0.15, -0.1) is 0 Å². The third-order valence-corrected chi connectivity index (χ3v) is 2.80. The zero-order valence-electron chi connectivity index (χ0n) is 11.3. The smallest absolute Gasteiger partial charge is 0.251 e. The lowest BCUT2D eigenvalue weighted by molar-refractivity contribution is 0.0936. The Morgan fingerprint density at radius 3 is 2.59 bits per heavy atom. The minimum Gasteiger partial charge on any atom is -0.350 e. The first-order chi connectivity index (χ1) is 8.02. The molecule has 1 atom stereocenters. The number of hydrogen-bond acceptors (Lipinski definition) is 1. The topological polar surface area (TPSA) is 29.1 Å². The summed E-state index contributed by atoms with van der Waals surface area (Å²) in [4.78, 5) is 12.0. The van der Waals surface area contributed by atoms with Crippen LogP contribution in [0.4, 0.5) is 0 Å². The number of rotatable bonds is 5. The molecule has 0 saturated heterocycles. The van der Waals surface area contributed by atoms with E-state index in [2.05, 4.69) is 33.0 Å². The summed E-state index contributed by atoms with van der Waals surface area (Å²) in [6, 6.07) is 8.07. The van der Waals surface area contributed by atoms with Crippen LogP contribution < -0.4 is 5.32 Å². The molecule has 1 aromatic carbocycles. The van der Waals surface area contributed by atoms with Gasteiger partial charge in [-0.2, -0.15) is 0 Å². The van der Waals surface area contributed by atoms with Crippen LogP contribution in [0.3, 0.4) is 0 Å². The lowest BCUT2D eigenvalue weighted by Gasteiger charge is -2.16. The van der Waals surface area contributed by atoms with E-state index in [0.29, 0.717) is 5.92 Å². The SMILES string of the molecule is CCc1cccc(C(=O)N[C@@H](C)CC(C)C)c1. The van der Waals surface area contributed by atoms with Gasteiger partial charge >= 0.3 is 0 Å². The molecule has 0 bridgehead atoms. The van der Waals surface area contributed by atoms with E-state index >= 15 is 0 Å². The van der Waals surface area contributed by atoms with Gasteiger partial charge in [-0.25, -0.2) is 0 Å². The highest BCUT2D eigenvalue weighted by Gasteiger charge is 2.10. The summed E-state index contributed by atoms with van der Waals surface area (Å²) in [7, 11) is 0. The van der Waals surface area contributed by atoms with Gasteiger partial charge < -0.3 is 5.32 Å². The van der Waals surface area contributed by atoms with Crippen molar-refractivity contribution in [1.82, 2.24) is 5.32 Å². The van der Waals surface area contributed by atoms with Gasteiger partial charge in [0, 0.05) is 11.6 Å². The first-order valence-electron chi connectivity index (χ1n) is 6.42. The molecule has 0 aliphatic rings. The largest absolute Gasteiger partial charge is 0.350 e. The van der Waals surface area contributed by atoms with Crippen molar-refractivity contribution in [2.24, 2.45) is 5.92 Å². The molecule has 0 radical (unpaired) electrons. The summed E-state index contributed by atoms with van der Waals surface area (Å²) in [5.41, 5.74) is 1.97. The number of hydrogen-bond donors (Lipinski definition) is 1. The van der Waals surface area contributed by atoms with Crippen molar-refractivity contribution in [3.8, 4) is 0 Å². The maximum absolute atomic E-state index is 12.0. The highest BCUT2D eigenvalue weighted by Crippen LogP contribution is 2.08. The molecule has 0 fully saturated rings. The van der Waals surface area contributed by atoms with Crippen LogP contribution in [-0.4, -0.2) is 11.9 Å². The van der Waals surface area contributed by atoms with Crippen molar-refractivity contribution in [2.75, 3.05) is 0 Å². The molecular weight excluding hydrogens is 210 g/mol. The van der Waals surface area contributed by atoms with Crippen molar-refractivity contribution in [3.63, 3.8) is 0 Å². The van der Waals surface area contributed by atoms with Crippen LogP contribution in [0.2, 0.25) is 0 Å². The molecule has 0 unspecified atom stereocenters. The van der Waals surface area contributed by atoms with Crippen molar-refractivity contribution in [1.29, 1.82) is 0 Å². The minimum absolute atomic E-state index is 0.0356. The average Bonchev–Trinajstić information content (AvgIpc) is 2.27. The molecule has 94 valence electrons. The molecule has 17 heavy (non-hydrogen) atoms. The Balaban J connectivity index is 2.63. The van der Waals surface area contributed by atoms with Crippen LogP contribution in [0.5, 0.6) is 0 Å². The van der Waals surface area contributed by atoms with E-state index in [4.69, 9.17) is 0 Å². The van der Waals surface area contributed by atoms with Crippen LogP contribution in [0.25, 0.3) is 0 Å². The molecule has 2 heteroatoms. The average molecular weight is 233 g/mol. The van der Waals surface area contributed by atoms with E-state index < -0.39 is 0 Å². The zero-order valence-corrected chi connectivity index (χ0v) is 11.3. The van der Waals surface area contributed by atoms with E-state index in [0.717, 1.165) is 18.4 Å². The number of aryl methyl sites for hydroxylation is 1. The zero-order chi connectivity index (χ0) is 12.8. The van der Waals surface area contributed by atoms with Crippen LogP contribution in [-0.2, 0) is 6.42 Å². The third-order valence-electron chi connectivity index (χ3n) is 2.80. The van der Waals surface area contributed by atoms with Crippen LogP contribution in [0.1, 0.15) is 50.0 Å². The van der Waals surface area contributed by atoms with Gasteiger partial charge in [-0.3, -0.25) is 4.79 Å². The molecule has 0 aromatic heterocycles. The highest BCUT2D eigenvalue weighted by atomic mass is 16.1. The maximum Gasteiger partial charge on any atom is 0.251 e. The van der Waals surface area contributed by atoms with Crippen LogP contribution in [0.15, 0.2) is 24.3 Å². The Labute approximate surface area is 104 Å². The van der Waals surface area contributed by atoms with Crippen LogP contribution >= 0.6 is 0 Å². The summed E-state index contributed by atoms with van der Waals surface area (Å²) < 4.78 is 0. The van der Waals surface area contributed by atoms with Gasteiger partial charge in [0.15, 0.2) is 0 Å². The lowest BCUT2D eigenvalue weighted by atomic mass is 10.0. The number of carbonyl (C=O) groups excluding carboxylic acids is 1. The number of carbonyl (C=O) groups is 1. The first-order valence-corrected chi connectivity index (χ1v) is 6.42. The second-order valence-corrected chi connectivity index (χ2v) is 5.06. The van der Waals surface area contributed by atoms with Crippen molar-refractivity contribution < 1.29 is 4.79 Å². The second kappa shape index (κ2) is 6.43. The van der Waals surface area contributed by atoms with Crippen molar-refractivity contribution >= 4 is 5.91 Å². The normalized spacial score (nSPS) is 12.5. The molecule has 0 aliphatic carbocycles. The number of benzene rings is 1. The molecule has 1 aromatic rings. The molecule has 1 amide bonds.